The Morgan fingerprint density at radius 3 is 2.52 bits per heavy atom. The molecule has 0 spiro atoms. The van der Waals surface area contributed by atoms with Crippen LogP contribution in [0, 0.1) is 11.6 Å². The molecule has 1 N–H and O–H groups in total. The van der Waals surface area contributed by atoms with Crippen molar-refractivity contribution in [2.24, 2.45) is 7.05 Å². The first-order valence-electron chi connectivity index (χ1n) is 7.80. The molecule has 0 aliphatic rings. The molecule has 0 aliphatic heterocycles. The van der Waals surface area contributed by atoms with Gasteiger partial charge in [-0.3, -0.25) is 9.59 Å². The van der Waals surface area contributed by atoms with Gasteiger partial charge in [0, 0.05) is 43.1 Å². The molecular weight excluding hydrogens is 358 g/mol. The predicted octanol–water partition coefficient (Wildman–Crippen LogP) is 2.28. The number of aryl methyl sites for hydroxylation is 1. The molecule has 9 heteroatoms. The molecule has 1 aromatic carbocycles. The maximum absolute atomic E-state index is 13.1. The molecule has 0 aliphatic carbocycles. The van der Waals surface area contributed by atoms with Crippen LogP contribution in [0.4, 0.5) is 14.6 Å². The van der Waals surface area contributed by atoms with Gasteiger partial charge in [0.1, 0.15) is 35.5 Å². The van der Waals surface area contributed by atoms with Crippen LogP contribution in [0.3, 0.4) is 0 Å². The van der Waals surface area contributed by atoms with Gasteiger partial charge in [-0.05, 0) is 12.1 Å². The van der Waals surface area contributed by atoms with Crippen LogP contribution in [-0.2, 0) is 13.7 Å². The lowest BCUT2D eigenvalue weighted by Crippen LogP contribution is -2.23. The number of hydrogen-bond acceptors (Lipinski definition) is 5. The number of carbonyl (C=O) groups excluding carboxylic acids is 1. The van der Waals surface area contributed by atoms with Crippen LogP contribution in [0.2, 0.25) is 0 Å². The molecule has 0 atom stereocenters. The first-order valence-corrected chi connectivity index (χ1v) is 7.80. The summed E-state index contributed by atoms with van der Waals surface area (Å²) in [6.07, 6.45) is 1.46. The highest BCUT2D eigenvalue weighted by atomic mass is 19.1. The van der Waals surface area contributed by atoms with E-state index in [-0.39, 0.29) is 29.4 Å². The summed E-state index contributed by atoms with van der Waals surface area (Å²) in [5.41, 5.74) is 0.379. The summed E-state index contributed by atoms with van der Waals surface area (Å²) in [7, 11) is 1.44. The average molecular weight is 372 g/mol. The maximum atomic E-state index is 13.1. The topological polar surface area (TPSA) is 86.1 Å². The van der Waals surface area contributed by atoms with Crippen molar-refractivity contribution in [3.8, 4) is 5.75 Å². The third-order valence-electron chi connectivity index (χ3n) is 3.50. The standard InChI is InChI=1S/C18H14F2N4O3/c1-24-17(25)5-3-15(23-24)18(26)22-16-4-2-11(9-21-16)10-27-14-7-12(19)6-13(20)8-14/h2-9H,10H2,1H3,(H,21,22,26). The lowest BCUT2D eigenvalue weighted by atomic mass is 10.3. The fourth-order valence-corrected chi connectivity index (χ4v) is 2.17. The molecule has 3 aromatic rings. The molecule has 0 unspecified atom stereocenters. The van der Waals surface area contributed by atoms with Gasteiger partial charge in [-0.15, -0.1) is 0 Å². The minimum Gasteiger partial charge on any atom is -0.489 e. The zero-order chi connectivity index (χ0) is 19.4. The van der Waals surface area contributed by atoms with Gasteiger partial charge in [0.25, 0.3) is 11.5 Å². The van der Waals surface area contributed by atoms with E-state index in [0.717, 1.165) is 22.9 Å². The second-order valence-corrected chi connectivity index (χ2v) is 5.58. The molecule has 0 radical (unpaired) electrons. The third kappa shape index (κ3) is 4.72. The number of rotatable bonds is 5. The van der Waals surface area contributed by atoms with E-state index in [2.05, 4.69) is 15.4 Å². The lowest BCUT2D eigenvalue weighted by molar-refractivity contribution is 0.101. The van der Waals surface area contributed by atoms with Gasteiger partial charge < -0.3 is 10.1 Å². The molecule has 0 fully saturated rings. The first kappa shape index (κ1) is 18.2. The second-order valence-electron chi connectivity index (χ2n) is 5.58. The van der Waals surface area contributed by atoms with Gasteiger partial charge in [0.05, 0.1) is 0 Å². The number of carbonyl (C=O) groups is 1. The van der Waals surface area contributed by atoms with E-state index in [4.69, 9.17) is 4.74 Å². The van der Waals surface area contributed by atoms with Crippen molar-refractivity contribution in [1.82, 2.24) is 14.8 Å². The van der Waals surface area contributed by atoms with Crippen molar-refractivity contribution < 1.29 is 18.3 Å². The van der Waals surface area contributed by atoms with Crippen LogP contribution in [-0.4, -0.2) is 20.7 Å². The molecule has 138 valence electrons. The highest BCUT2D eigenvalue weighted by Crippen LogP contribution is 2.17. The summed E-state index contributed by atoms with van der Waals surface area (Å²) >= 11 is 0. The number of ether oxygens (including phenoxy) is 1. The maximum Gasteiger partial charge on any atom is 0.277 e. The van der Waals surface area contributed by atoms with Crippen molar-refractivity contribution in [1.29, 1.82) is 0 Å². The van der Waals surface area contributed by atoms with Crippen LogP contribution in [0.1, 0.15) is 16.1 Å². The van der Waals surface area contributed by atoms with E-state index < -0.39 is 17.5 Å². The molecule has 27 heavy (non-hydrogen) atoms. The second kappa shape index (κ2) is 7.73. The van der Waals surface area contributed by atoms with Crippen molar-refractivity contribution in [3.63, 3.8) is 0 Å². The summed E-state index contributed by atoms with van der Waals surface area (Å²) in [6, 6.07) is 8.65. The van der Waals surface area contributed by atoms with E-state index in [1.165, 1.54) is 25.4 Å². The lowest BCUT2D eigenvalue weighted by Gasteiger charge is -2.08. The first-order chi connectivity index (χ1) is 12.9. The quantitative estimate of drug-likeness (QED) is 0.743. The molecule has 2 aromatic heterocycles. The van der Waals surface area contributed by atoms with Crippen molar-refractivity contribution in [2.75, 3.05) is 5.32 Å². The van der Waals surface area contributed by atoms with Crippen molar-refractivity contribution in [2.45, 2.75) is 6.61 Å². The summed E-state index contributed by atoms with van der Waals surface area (Å²) in [5.74, 6) is -1.64. The fraction of sp³-hybridized carbons (Fsp3) is 0.111. The number of nitrogens with zero attached hydrogens (tertiary/aromatic N) is 3. The van der Waals surface area contributed by atoms with Crippen LogP contribution in [0.25, 0.3) is 0 Å². The molecule has 1 amide bonds. The number of anilines is 1. The van der Waals surface area contributed by atoms with E-state index in [0.29, 0.717) is 5.56 Å². The third-order valence-corrected chi connectivity index (χ3v) is 3.50. The highest BCUT2D eigenvalue weighted by Gasteiger charge is 2.10. The van der Waals surface area contributed by atoms with Crippen LogP contribution in [0.5, 0.6) is 5.75 Å². The SMILES string of the molecule is Cn1nc(C(=O)Nc2ccc(COc3cc(F)cc(F)c3)cn2)ccc1=O. The summed E-state index contributed by atoms with van der Waals surface area (Å²) in [5, 5.41) is 6.40. The fourth-order valence-electron chi connectivity index (χ4n) is 2.17. The predicted molar refractivity (Wildman–Crippen MR) is 92.4 cm³/mol. The number of hydrogen-bond donors (Lipinski definition) is 1. The monoisotopic (exact) mass is 372 g/mol. The minimum absolute atomic E-state index is 0.0481. The van der Waals surface area contributed by atoms with Gasteiger partial charge >= 0.3 is 0 Å². The normalized spacial score (nSPS) is 10.5. The van der Waals surface area contributed by atoms with Gasteiger partial charge in [-0.2, -0.15) is 5.10 Å². The Hall–Kier alpha value is -3.62. The van der Waals surface area contributed by atoms with Crippen LogP contribution >= 0.6 is 0 Å². The average Bonchev–Trinajstić information content (AvgIpc) is 2.62. The Kier molecular flexibility index (Phi) is 5.20. The molecule has 2 heterocycles. The van der Waals surface area contributed by atoms with Gasteiger partial charge in [0.2, 0.25) is 0 Å². The Bertz CT molecular complexity index is 1020. The van der Waals surface area contributed by atoms with Gasteiger partial charge in [0.15, 0.2) is 0 Å². The molecule has 0 saturated carbocycles. The van der Waals surface area contributed by atoms with Gasteiger partial charge in [-0.1, -0.05) is 6.07 Å². The van der Waals surface area contributed by atoms with E-state index in [1.807, 2.05) is 0 Å². The summed E-state index contributed by atoms with van der Waals surface area (Å²) in [4.78, 5) is 27.5. The molecule has 0 saturated heterocycles. The number of halogens is 2. The Balaban J connectivity index is 1.62. The molecular formula is C18H14F2N4O3. The summed E-state index contributed by atoms with van der Waals surface area (Å²) in [6.45, 7) is 0.0481. The van der Waals surface area contributed by atoms with Crippen LogP contribution < -0.4 is 15.6 Å². The minimum atomic E-state index is -0.729. The van der Waals surface area contributed by atoms with E-state index in [9.17, 15) is 18.4 Å². The zero-order valence-electron chi connectivity index (χ0n) is 14.1. The smallest absolute Gasteiger partial charge is 0.277 e. The van der Waals surface area contributed by atoms with Crippen LogP contribution in [0.15, 0.2) is 53.5 Å². The molecule has 7 nitrogen and oxygen atoms in total. The largest absolute Gasteiger partial charge is 0.489 e. The molecule has 0 bridgehead atoms. The van der Waals surface area contributed by atoms with Gasteiger partial charge in [-0.25, -0.2) is 18.4 Å². The number of benzene rings is 1. The Morgan fingerprint density at radius 2 is 1.89 bits per heavy atom. The van der Waals surface area contributed by atoms with Crippen molar-refractivity contribution >= 4 is 11.7 Å². The zero-order valence-corrected chi connectivity index (χ0v) is 14.1. The number of pyridine rings is 1. The number of nitrogens with one attached hydrogen (secondary N) is 1. The Labute approximate surface area is 152 Å². The highest BCUT2D eigenvalue weighted by molar-refractivity contribution is 6.02. The van der Waals surface area contributed by atoms with E-state index in [1.54, 1.807) is 12.1 Å². The summed E-state index contributed by atoms with van der Waals surface area (Å²) < 4.78 is 32.6. The van der Waals surface area contributed by atoms with Crippen molar-refractivity contribution in [3.05, 3.63) is 81.9 Å². The number of amides is 1. The molecule has 3 rings (SSSR count). The number of aromatic nitrogens is 3. The Morgan fingerprint density at radius 1 is 1.15 bits per heavy atom. The van der Waals surface area contributed by atoms with E-state index >= 15 is 0 Å².